The normalized spacial score (nSPS) is 14.9. The minimum absolute atomic E-state index is 0.148. The van der Waals surface area contributed by atoms with Crippen LogP contribution in [0.3, 0.4) is 0 Å². The molecule has 9 heteroatoms. The van der Waals surface area contributed by atoms with E-state index in [-0.39, 0.29) is 5.57 Å². The zero-order valence-electron chi connectivity index (χ0n) is 19.3. The number of aromatic nitrogens is 1. The number of anilines is 1. The molecule has 0 atom stereocenters. The summed E-state index contributed by atoms with van der Waals surface area (Å²) in [7, 11) is 0. The number of halogens is 1. The van der Waals surface area contributed by atoms with Gasteiger partial charge in [0.25, 0.3) is 11.8 Å². The fourth-order valence-corrected chi connectivity index (χ4v) is 4.19. The molecule has 178 valence electrons. The Kier molecular flexibility index (Phi) is 6.70. The number of hydrogen-bond acceptors (Lipinski definition) is 5. The molecule has 1 N–H and O–H groups in total. The minimum atomic E-state index is -0.799. The first-order chi connectivity index (χ1) is 16.7. The van der Waals surface area contributed by atoms with E-state index in [2.05, 4.69) is 21.2 Å². The van der Waals surface area contributed by atoms with Gasteiger partial charge in [-0.1, -0.05) is 15.9 Å². The second-order valence-electron chi connectivity index (χ2n) is 7.86. The van der Waals surface area contributed by atoms with E-state index >= 15 is 0 Å². The first-order valence-electron chi connectivity index (χ1n) is 10.8. The number of aryl methyl sites for hydroxylation is 1. The highest BCUT2D eigenvalue weighted by atomic mass is 79.9. The topological polar surface area (TPSA) is 97.7 Å². The maximum absolute atomic E-state index is 13.2. The van der Waals surface area contributed by atoms with E-state index < -0.39 is 23.8 Å². The van der Waals surface area contributed by atoms with Crippen LogP contribution in [0.15, 0.2) is 64.6 Å². The number of urea groups is 1. The van der Waals surface area contributed by atoms with Crippen molar-refractivity contribution in [3.05, 3.63) is 87.2 Å². The molecule has 2 aromatic carbocycles. The van der Waals surface area contributed by atoms with Crippen LogP contribution in [-0.2, 0) is 14.3 Å². The molecule has 4 amide bonds. The molecule has 0 aliphatic carbocycles. The van der Waals surface area contributed by atoms with E-state index in [1.165, 1.54) is 6.08 Å². The summed E-state index contributed by atoms with van der Waals surface area (Å²) < 4.78 is 7.77. The molecule has 35 heavy (non-hydrogen) atoms. The SMILES string of the molecule is CCOC(=O)c1ccc(-n2c(C)cc(/C=C3\C(=O)NC(=O)N(c4ccc(Br)cc4)C3=O)c2C)cc1. The summed E-state index contributed by atoms with van der Waals surface area (Å²) in [5, 5.41) is 2.24. The minimum Gasteiger partial charge on any atom is -0.462 e. The fourth-order valence-electron chi connectivity index (χ4n) is 3.93. The van der Waals surface area contributed by atoms with E-state index in [0.29, 0.717) is 23.4 Å². The lowest BCUT2D eigenvalue weighted by molar-refractivity contribution is -0.122. The Balaban J connectivity index is 1.69. The predicted octanol–water partition coefficient (Wildman–Crippen LogP) is 4.70. The van der Waals surface area contributed by atoms with Crippen LogP contribution in [0.4, 0.5) is 10.5 Å². The second kappa shape index (κ2) is 9.71. The summed E-state index contributed by atoms with van der Waals surface area (Å²) in [6.07, 6.45) is 1.49. The molecular weight excluding hydrogens is 514 g/mol. The molecule has 1 aromatic heterocycles. The monoisotopic (exact) mass is 535 g/mol. The molecule has 2 heterocycles. The van der Waals surface area contributed by atoms with Crippen molar-refractivity contribution in [2.24, 2.45) is 0 Å². The van der Waals surface area contributed by atoms with Gasteiger partial charge >= 0.3 is 12.0 Å². The highest BCUT2D eigenvalue weighted by Gasteiger charge is 2.37. The molecule has 4 rings (SSSR count). The van der Waals surface area contributed by atoms with E-state index in [0.717, 1.165) is 26.4 Å². The Labute approximate surface area is 210 Å². The van der Waals surface area contributed by atoms with Crippen molar-refractivity contribution in [2.75, 3.05) is 11.5 Å². The molecule has 8 nitrogen and oxygen atoms in total. The number of hydrogen-bond donors (Lipinski definition) is 1. The lowest BCUT2D eigenvalue weighted by Crippen LogP contribution is -2.54. The molecule has 0 radical (unpaired) electrons. The lowest BCUT2D eigenvalue weighted by atomic mass is 10.1. The van der Waals surface area contributed by atoms with Crippen molar-refractivity contribution in [1.82, 2.24) is 9.88 Å². The maximum Gasteiger partial charge on any atom is 0.338 e. The van der Waals surface area contributed by atoms with Crippen LogP contribution in [0.5, 0.6) is 0 Å². The number of carbonyl (C=O) groups excluding carboxylic acids is 4. The van der Waals surface area contributed by atoms with Crippen LogP contribution in [-0.4, -0.2) is 35.0 Å². The largest absolute Gasteiger partial charge is 0.462 e. The third kappa shape index (κ3) is 4.67. The summed E-state index contributed by atoms with van der Waals surface area (Å²) in [6.45, 7) is 5.81. The lowest BCUT2D eigenvalue weighted by Gasteiger charge is -2.26. The van der Waals surface area contributed by atoms with Gasteiger partial charge in [-0.25, -0.2) is 14.5 Å². The number of amides is 4. The third-order valence-corrected chi connectivity index (χ3v) is 6.12. The summed E-state index contributed by atoms with van der Waals surface area (Å²) in [6, 6.07) is 14.7. The molecule has 1 saturated heterocycles. The Morgan fingerprint density at radius 1 is 1.00 bits per heavy atom. The zero-order chi connectivity index (χ0) is 25.3. The van der Waals surface area contributed by atoms with Crippen LogP contribution in [0.25, 0.3) is 11.8 Å². The van der Waals surface area contributed by atoms with Crippen molar-refractivity contribution in [3.63, 3.8) is 0 Å². The van der Waals surface area contributed by atoms with Gasteiger partial charge < -0.3 is 9.30 Å². The van der Waals surface area contributed by atoms with Gasteiger partial charge in [0.2, 0.25) is 0 Å². The van der Waals surface area contributed by atoms with Crippen molar-refractivity contribution in [2.45, 2.75) is 20.8 Å². The first-order valence-corrected chi connectivity index (χ1v) is 11.6. The number of esters is 1. The number of imide groups is 2. The first kappa shape index (κ1) is 24.2. The quantitative estimate of drug-likeness (QED) is 0.290. The zero-order valence-corrected chi connectivity index (χ0v) is 20.9. The highest BCUT2D eigenvalue weighted by molar-refractivity contribution is 9.10. The van der Waals surface area contributed by atoms with Gasteiger partial charge in [-0.3, -0.25) is 14.9 Å². The van der Waals surface area contributed by atoms with Crippen LogP contribution < -0.4 is 10.2 Å². The van der Waals surface area contributed by atoms with Crippen molar-refractivity contribution in [3.8, 4) is 5.69 Å². The van der Waals surface area contributed by atoms with Crippen molar-refractivity contribution >= 4 is 51.5 Å². The van der Waals surface area contributed by atoms with Gasteiger partial charge in [0.1, 0.15) is 5.57 Å². The van der Waals surface area contributed by atoms with Crippen molar-refractivity contribution in [1.29, 1.82) is 0 Å². The molecule has 0 bridgehead atoms. The summed E-state index contributed by atoms with van der Waals surface area (Å²) in [4.78, 5) is 51.1. The molecule has 0 spiro atoms. The van der Waals surface area contributed by atoms with Crippen LogP contribution in [0.1, 0.15) is 34.2 Å². The number of benzene rings is 2. The molecular formula is C26H22BrN3O5. The van der Waals surface area contributed by atoms with E-state index in [1.807, 2.05) is 24.5 Å². The molecule has 1 fully saturated rings. The second-order valence-corrected chi connectivity index (χ2v) is 8.78. The summed E-state index contributed by atoms with van der Waals surface area (Å²) in [5.74, 6) is -1.85. The predicted molar refractivity (Wildman–Crippen MR) is 134 cm³/mol. The number of carbonyl (C=O) groups is 4. The van der Waals surface area contributed by atoms with Gasteiger partial charge in [-0.05, 0) is 87.0 Å². The molecule has 1 aliphatic heterocycles. The van der Waals surface area contributed by atoms with Gasteiger partial charge in [0, 0.05) is 21.5 Å². The number of ether oxygens (including phenoxy) is 1. The number of rotatable bonds is 5. The van der Waals surface area contributed by atoms with E-state index in [4.69, 9.17) is 4.74 Å². The fraction of sp³-hybridized carbons (Fsp3) is 0.154. The Bertz CT molecular complexity index is 1370. The molecule has 1 aliphatic rings. The number of nitrogens with one attached hydrogen (secondary N) is 1. The van der Waals surface area contributed by atoms with Crippen LogP contribution in [0.2, 0.25) is 0 Å². The van der Waals surface area contributed by atoms with E-state index in [9.17, 15) is 19.2 Å². The Morgan fingerprint density at radius 2 is 1.63 bits per heavy atom. The van der Waals surface area contributed by atoms with Gasteiger partial charge in [0.05, 0.1) is 17.9 Å². The molecule has 3 aromatic rings. The van der Waals surface area contributed by atoms with Gasteiger partial charge in [-0.15, -0.1) is 0 Å². The maximum atomic E-state index is 13.2. The molecule has 0 saturated carbocycles. The van der Waals surface area contributed by atoms with Gasteiger partial charge in [-0.2, -0.15) is 0 Å². The number of barbiturate groups is 1. The Morgan fingerprint density at radius 3 is 2.26 bits per heavy atom. The highest BCUT2D eigenvalue weighted by Crippen LogP contribution is 2.27. The van der Waals surface area contributed by atoms with Gasteiger partial charge in [0.15, 0.2) is 0 Å². The third-order valence-electron chi connectivity index (χ3n) is 5.59. The van der Waals surface area contributed by atoms with Crippen molar-refractivity contribution < 1.29 is 23.9 Å². The Hall–Kier alpha value is -3.98. The smallest absolute Gasteiger partial charge is 0.338 e. The van der Waals surface area contributed by atoms with Crippen LogP contribution in [0, 0.1) is 13.8 Å². The molecule has 0 unspecified atom stereocenters. The number of nitrogens with zero attached hydrogens (tertiary/aromatic N) is 2. The average Bonchev–Trinajstić information content (AvgIpc) is 3.10. The summed E-state index contributed by atoms with van der Waals surface area (Å²) >= 11 is 3.32. The summed E-state index contributed by atoms with van der Waals surface area (Å²) in [5.41, 5.74) is 3.76. The van der Waals surface area contributed by atoms with E-state index in [1.54, 1.807) is 55.5 Å². The average molecular weight is 536 g/mol. The standard InChI is InChI=1S/C26H22BrN3O5/c1-4-35-25(33)17-5-9-20(10-6-17)29-15(2)13-18(16(29)3)14-22-23(31)28-26(34)30(24(22)32)21-11-7-19(27)8-12-21/h5-14H,4H2,1-3H3,(H,28,31,34)/b22-14+. The van der Waals surface area contributed by atoms with Crippen LogP contribution >= 0.6 is 15.9 Å².